The van der Waals surface area contributed by atoms with E-state index in [1.807, 2.05) is 0 Å². The number of ether oxygens (including phenoxy) is 3. The minimum absolute atomic E-state index is 0.0217. The van der Waals surface area contributed by atoms with Gasteiger partial charge >= 0.3 is 6.18 Å². The smallest absolute Gasteiger partial charge is 0.390 e. The molecule has 4 rings (SSSR count). The molecule has 3 saturated heterocycles. The summed E-state index contributed by atoms with van der Waals surface area (Å²) in [6.45, 7) is 8.73. The molecule has 12 heteroatoms. The third-order valence-corrected chi connectivity index (χ3v) is 8.53. The predicted octanol–water partition coefficient (Wildman–Crippen LogP) is 4.06. The monoisotopic (exact) mass is 607 g/mol. The fourth-order valence-corrected chi connectivity index (χ4v) is 5.95. The van der Waals surface area contributed by atoms with Gasteiger partial charge in [0.2, 0.25) is 0 Å². The first-order valence-electron chi connectivity index (χ1n) is 15.0. The first-order chi connectivity index (χ1) is 20.6. The molecule has 1 aromatic rings. The average Bonchev–Trinajstić information content (AvgIpc) is 3.02. The SMILES string of the molecule is C=C(NC[C@@H]1CCC[C@H](c2cccc(C(F)(F)F)c2)O1)/C(C)=C(\N=CN)C(=O)N1CCC(N[C@@H]2CCOC[C@@H]2OC)CC1. The number of benzene rings is 1. The molecule has 0 aromatic heterocycles. The third kappa shape index (κ3) is 8.81. The molecule has 3 aliphatic rings. The van der Waals surface area contributed by atoms with Crippen molar-refractivity contribution in [1.82, 2.24) is 15.5 Å². The maximum atomic E-state index is 13.5. The summed E-state index contributed by atoms with van der Waals surface area (Å²) in [4.78, 5) is 19.5. The molecule has 0 radical (unpaired) electrons. The van der Waals surface area contributed by atoms with Crippen LogP contribution < -0.4 is 16.4 Å². The van der Waals surface area contributed by atoms with Crippen molar-refractivity contribution in [3.05, 3.63) is 58.9 Å². The summed E-state index contributed by atoms with van der Waals surface area (Å²) in [5.41, 5.74) is 6.76. The number of hydrogen-bond donors (Lipinski definition) is 3. The topological polar surface area (TPSA) is 110 Å². The van der Waals surface area contributed by atoms with Gasteiger partial charge in [-0.2, -0.15) is 13.2 Å². The Bertz CT molecular complexity index is 1170. The molecule has 0 unspecified atom stereocenters. The highest BCUT2D eigenvalue weighted by Gasteiger charge is 2.33. The van der Waals surface area contributed by atoms with Crippen LogP contribution >= 0.6 is 0 Å². The molecule has 4 N–H and O–H groups in total. The zero-order valence-electron chi connectivity index (χ0n) is 25.0. The number of alkyl halides is 3. The van der Waals surface area contributed by atoms with Gasteiger partial charge in [-0.05, 0) is 63.1 Å². The summed E-state index contributed by atoms with van der Waals surface area (Å²) in [7, 11) is 1.70. The lowest BCUT2D eigenvalue weighted by atomic mass is 9.97. The molecule has 43 heavy (non-hydrogen) atoms. The van der Waals surface area contributed by atoms with Gasteiger partial charge in [0.1, 0.15) is 5.70 Å². The minimum atomic E-state index is -4.40. The standard InChI is InChI=1S/C31H44F3N5O4/c1-20(21(2)36-17-25-8-5-9-27(43-25)22-6-4-7-23(16-22)31(32,33)34)29(37-19-35)30(40)39-13-10-24(11-14-39)38-26-12-15-42-18-28(26)41-3/h4,6-7,16,19,24-28,36,38H,2,5,8-15,17-18H2,1,3H3,(H2,35,37)/b29-20-/t25-,26+,27+,28-/m0/s1. The summed E-state index contributed by atoms with van der Waals surface area (Å²) in [6.07, 6.45) is 0.816. The van der Waals surface area contributed by atoms with Crippen LogP contribution in [-0.2, 0) is 25.2 Å². The van der Waals surface area contributed by atoms with E-state index < -0.39 is 17.8 Å². The summed E-state index contributed by atoms with van der Waals surface area (Å²) in [5, 5.41) is 6.94. The number of likely N-dealkylation sites (tertiary alicyclic amines) is 1. The van der Waals surface area contributed by atoms with E-state index in [1.54, 1.807) is 25.0 Å². The second-order valence-corrected chi connectivity index (χ2v) is 11.4. The fraction of sp³-hybridized carbons (Fsp3) is 0.613. The number of amides is 1. The van der Waals surface area contributed by atoms with Crippen molar-refractivity contribution in [2.45, 2.75) is 82.0 Å². The number of rotatable bonds is 10. The van der Waals surface area contributed by atoms with Gasteiger partial charge in [0.25, 0.3) is 5.91 Å². The number of hydrogen-bond acceptors (Lipinski definition) is 7. The zero-order chi connectivity index (χ0) is 31.0. The van der Waals surface area contributed by atoms with Crippen LogP contribution in [0.4, 0.5) is 13.2 Å². The molecule has 1 amide bonds. The van der Waals surface area contributed by atoms with Gasteiger partial charge in [0.05, 0.1) is 36.8 Å². The van der Waals surface area contributed by atoms with Gasteiger partial charge in [-0.25, -0.2) is 4.99 Å². The summed E-state index contributed by atoms with van der Waals surface area (Å²) in [5.74, 6) is -0.208. The van der Waals surface area contributed by atoms with Gasteiger partial charge in [-0.3, -0.25) is 4.79 Å². The van der Waals surface area contributed by atoms with Gasteiger partial charge in [0.15, 0.2) is 0 Å². The number of nitrogens with two attached hydrogens (primary N) is 1. The molecule has 1 aromatic carbocycles. The van der Waals surface area contributed by atoms with Crippen LogP contribution in [0.2, 0.25) is 0 Å². The minimum Gasteiger partial charge on any atom is -0.390 e. The summed E-state index contributed by atoms with van der Waals surface area (Å²) >= 11 is 0. The lowest BCUT2D eigenvalue weighted by Gasteiger charge is -2.38. The molecule has 0 bridgehead atoms. The Morgan fingerprint density at radius 2 is 2.00 bits per heavy atom. The van der Waals surface area contributed by atoms with Crippen molar-refractivity contribution >= 4 is 12.2 Å². The molecule has 3 aliphatic heterocycles. The van der Waals surface area contributed by atoms with Crippen LogP contribution in [0, 0.1) is 0 Å². The molecule has 0 saturated carbocycles. The fourth-order valence-electron chi connectivity index (χ4n) is 5.95. The lowest BCUT2D eigenvalue weighted by molar-refractivity contribution is -0.137. The Kier molecular flexibility index (Phi) is 11.6. The number of halogens is 3. The maximum Gasteiger partial charge on any atom is 0.416 e. The molecule has 4 atom stereocenters. The Morgan fingerprint density at radius 1 is 1.23 bits per heavy atom. The molecule has 0 spiro atoms. The van der Waals surface area contributed by atoms with Crippen LogP contribution in [0.5, 0.6) is 0 Å². The number of piperidine rings is 1. The Hall–Kier alpha value is -2.93. The van der Waals surface area contributed by atoms with Crippen molar-refractivity contribution in [2.75, 3.05) is 40.0 Å². The van der Waals surface area contributed by atoms with E-state index in [0.717, 1.165) is 50.6 Å². The number of aliphatic imine (C=N–C) groups is 1. The molecule has 3 heterocycles. The summed E-state index contributed by atoms with van der Waals surface area (Å²) < 4.78 is 56.9. The van der Waals surface area contributed by atoms with Crippen molar-refractivity contribution in [3.63, 3.8) is 0 Å². The second-order valence-electron chi connectivity index (χ2n) is 11.4. The largest absolute Gasteiger partial charge is 0.416 e. The van der Waals surface area contributed by atoms with Gasteiger partial charge in [-0.1, -0.05) is 18.7 Å². The van der Waals surface area contributed by atoms with Gasteiger partial charge < -0.3 is 35.5 Å². The van der Waals surface area contributed by atoms with E-state index in [0.29, 0.717) is 56.1 Å². The third-order valence-electron chi connectivity index (χ3n) is 8.53. The first-order valence-corrected chi connectivity index (χ1v) is 15.0. The van der Waals surface area contributed by atoms with Crippen molar-refractivity contribution in [2.24, 2.45) is 10.7 Å². The summed E-state index contributed by atoms with van der Waals surface area (Å²) in [6, 6.07) is 5.82. The second kappa shape index (κ2) is 15.2. The first kappa shape index (κ1) is 33.0. The zero-order valence-corrected chi connectivity index (χ0v) is 25.0. The molecular weight excluding hydrogens is 563 g/mol. The molecule has 0 aliphatic carbocycles. The van der Waals surface area contributed by atoms with Crippen molar-refractivity contribution < 1.29 is 32.2 Å². The van der Waals surface area contributed by atoms with Crippen LogP contribution in [0.3, 0.4) is 0 Å². The lowest BCUT2D eigenvalue weighted by Crippen LogP contribution is -2.54. The molecular formula is C31H44F3N5O4. The quantitative estimate of drug-likeness (QED) is 0.159. The number of carbonyl (C=O) groups is 1. The van der Waals surface area contributed by atoms with Crippen LogP contribution in [0.15, 0.2) is 52.8 Å². The molecule has 9 nitrogen and oxygen atoms in total. The normalized spacial score (nSPS) is 26.3. The van der Waals surface area contributed by atoms with Crippen LogP contribution in [-0.4, -0.2) is 81.4 Å². The highest BCUT2D eigenvalue weighted by atomic mass is 19.4. The van der Waals surface area contributed by atoms with Crippen LogP contribution in [0.1, 0.15) is 62.7 Å². The maximum absolute atomic E-state index is 13.5. The number of carbonyl (C=O) groups excluding carboxylic acids is 1. The number of nitrogens with one attached hydrogen (secondary N) is 2. The average molecular weight is 608 g/mol. The number of methoxy groups -OCH3 is 1. The van der Waals surface area contributed by atoms with E-state index in [2.05, 4.69) is 22.2 Å². The molecule has 3 fully saturated rings. The number of allylic oxidation sites excluding steroid dienone is 1. The molecule has 238 valence electrons. The van der Waals surface area contributed by atoms with Gasteiger partial charge in [-0.15, -0.1) is 0 Å². The Labute approximate surface area is 251 Å². The van der Waals surface area contributed by atoms with Crippen molar-refractivity contribution in [3.8, 4) is 0 Å². The van der Waals surface area contributed by atoms with Crippen molar-refractivity contribution in [1.29, 1.82) is 0 Å². The van der Waals surface area contributed by atoms with Crippen LogP contribution in [0.25, 0.3) is 0 Å². The highest BCUT2D eigenvalue weighted by molar-refractivity contribution is 5.95. The van der Waals surface area contributed by atoms with Gasteiger partial charge in [0, 0.05) is 56.7 Å². The predicted molar refractivity (Wildman–Crippen MR) is 158 cm³/mol. The highest BCUT2D eigenvalue weighted by Crippen LogP contribution is 2.35. The van der Waals surface area contributed by atoms with E-state index in [4.69, 9.17) is 19.9 Å². The van der Waals surface area contributed by atoms with E-state index in [1.165, 1.54) is 6.07 Å². The number of nitrogens with zero attached hydrogens (tertiary/aromatic N) is 2. The Balaban J connectivity index is 1.31. The Morgan fingerprint density at radius 3 is 2.70 bits per heavy atom. The van der Waals surface area contributed by atoms with E-state index in [-0.39, 0.29) is 35.9 Å². The van der Waals surface area contributed by atoms with E-state index >= 15 is 0 Å². The van der Waals surface area contributed by atoms with E-state index in [9.17, 15) is 18.0 Å².